The second kappa shape index (κ2) is 11.1. The maximum absolute atomic E-state index is 13.3. The summed E-state index contributed by atoms with van der Waals surface area (Å²) in [6, 6.07) is 22.2. The number of benzene rings is 3. The zero-order valence-electron chi connectivity index (χ0n) is 18.5. The minimum absolute atomic E-state index is 0.0498. The van der Waals surface area contributed by atoms with Crippen molar-refractivity contribution in [3.05, 3.63) is 108 Å². The van der Waals surface area contributed by atoms with E-state index in [0.29, 0.717) is 12.0 Å². The number of nitrogens with one attached hydrogen (secondary N) is 2. The van der Waals surface area contributed by atoms with Gasteiger partial charge >= 0.3 is 12.1 Å². The van der Waals surface area contributed by atoms with Crippen LogP contribution in [0.25, 0.3) is 10.9 Å². The van der Waals surface area contributed by atoms with Gasteiger partial charge in [0.05, 0.1) is 6.61 Å². The molecule has 0 radical (unpaired) electrons. The van der Waals surface area contributed by atoms with Crippen LogP contribution in [0.5, 0.6) is 0 Å². The molecule has 7 heteroatoms. The Kier molecular flexibility index (Phi) is 7.55. The number of ether oxygens (including phenoxy) is 2. The lowest BCUT2D eigenvalue weighted by Crippen LogP contribution is -2.43. The summed E-state index contributed by atoms with van der Waals surface area (Å²) in [5.74, 6) is -0.905. The fourth-order valence-corrected chi connectivity index (χ4v) is 3.68. The minimum atomic E-state index is -0.940. The van der Waals surface area contributed by atoms with Gasteiger partial charge in [0.1, 0.15) is 18.5 Å². The molecule has 1 unspecified atom stereocenters. The first-order valence-corrected chi connectivity index (χ1v) is 11.0. The molecule has 174 valence electrons. The molecule has 34 heavy (non-hydrogen) atoms. The summed E-state index contributed by atoms with van der Waals surface area (Å²) in [5, 5.41) is 3.59. The molecule has 4 aromatic rings. The molecule has 0 spiro atoms. The van der Waals surface area contributed by atoms with Crippen molar-refractivity contribution in [3.8, 4) is 0 Å². The van der Waals surface area contributed by atoms with Gasteiger partial charge in [0.15, 0.2) is 0 Å². The summed E-state index contributed by atoms with van der Waals surface area (Å²) >= 11 is 0. The van der Waals surface area contributed by atoms with E-state index in [4.69, 9.17) is 9.47 Å². The van der Waals surface area contributed by atoms with Gasteiger partial charge < -0.3 is 19.8 Å². The van der Waals surface area contributed by atoms with Gasteiger partial charge in [0.25, 0.3) is 0 Å². The first kappa shape index (κ1) is 23.0. The highest BCUT2D eigenvalue weighted by Gasteiger charge is 2.25. The van der Waals surface area contributed by atoms with Crippen molar-refractivity contribution < 1.29 is 23.5 Å². The molecule has 0 aliphatic rings. The Morgan fingerprint density at radius 1 is 0.912 bits per heavy atom. The van der Waals surface area contributed by atoms with Crippen LogP contribution in [0.2, 0.25) is 0 Å². The Labute approximate surface area is 196 Å². The van der Waals surface area contributed by atoms with E-state index in [0.717, 1.165) is 22.0 Å². The van der Waals surface area contributed by atoms with Gasteiger partial charge in [-0.25, -0.2) is 14.0 Å². The van der Waals surface area contributed by atoms with Gasteiger partial charge in [0.2, 0.25) is 0 Å². The van der Waals surface area contributed by atoms with Gasteiger partial charge in [-0.1, -0.05) is 60.7 Å². The molecule has 0 saturated heterocycles. The summed E-state index contributed by atoms with van der Waals surface area (Å²) in [6.45, 7) is 0.147. The van der Waals surface area contributed by atoms with Crippen LogP contribution in [-0.2, 0) is 33.7 Å². The second-order valence-electron chi connectivity index (χ2n) is 7.87. The Bertz CT molecular complexity index is 1260. The van der Waals surface area contributed by atoms with E-state index in [1.54, 1.807) is 12.1 Å². The van der Waals surface area contributed by atoms with Gasteiger partial charge in [-0.2, -0.15) is 0 Å². The number of halogens is 1. The van der Waals surface area contributed by atoms with E-state index in [1.165, 1.54) is 12.1 Å². The van der Waals surface area contributed by atoms with E-state index in [-0.39, 0.29) is 25.5 Å². The van der Waals surface area contributed by atoms with Crippen molar-refractivity contribution in [1.82, 2.24) is 10.3 Å². The quantitative estimate of drug-likeness (QED) is 0.347. The number of amides is 1. The third-order valence-electron chi connectivity index (χ3n) is 5.41. The molecular formula is C27H25FN2O4. The Balaban J connectivity index is 1.40. The number of H-pyrrole nitrogens is 1. The molecule has 0 fully saturated rings. The largest absolute Gasteiger partial charge is 0.459 e. The highest BCUT2D eigenvalue weighted by atomic mass is 19.1. The van der Waals surface area contributed by atoms with Crippen LogP contribution in [-0.4, -0.2) is 29.7 Å². The lowest BCUT2D eigenvalue weighted by atomic mass is 10.1. The lowest BCUT2D eigenvalue weighted by molar-refractivity contribution is -0.147. The van der Waals surface area contributed by atoms with E-state index >= 15 is 0 Å². The number of para-hydroxylation sites is 1. The molecule has 6 nitrogen and oxygen atoms in total. The number of rotatable bonds is 9. The van der Waals surface area contributed by atoms with E-state index in [9.17, 15) is 14.0 Å². The molecule has 4 rings (SSSR count). The van der Waals surface area contributed by atoms with Crippen molar-refractivity contribution in [3.63, 3.8) is 0 Å². The van der Waals surface area contributed by atoms with Crippen molar-refractivity contribution in [2.75, 3.05) is 6.61 Å². The average Bonchev–Trinajstić information content (AvgIpc) is 3.26. The smallest absolute Gasteiger partial charge is 0.407 e. The SMILES string of the molecule is O=C(NC(Cc1c[nH]c2ccccc12)C(=O)OCc1ccccc1)OCCc1cccc(F)c1. The number of esters is 1. The van der Waals surface area contributed by atoms with Crippen molar-refractivity contribution in [1.29, 1.82) is 0 Å². The van der Waals surface area contributed by atoms with Gasteiger partial charge in [-0.3, -0.25) is 0 Å². The second-order valence-corrected chi connectivity index (χ2v) is 7.87. The van der Waals surface area contributed by atoms with E-state index in [2.05, 4.69) is 10.3 Å². The summed E-state index contributed by atoms with van der Waals surface area (Å²) in [4.78, 5) is 28.5. The number of carbonyl (C=O) groups excluding carboxylic acids is 2. The third kappa shape index (κ3) is 6.22. The Hall–Kier alpha value is -4.13. The monoisotopic (exact) mass is 460 g/mol. The predicted molar refractivity (Wildman–Crippen MR) is 127 cm³/mol. The molecule has 0 saturated carbocycles. The highest BCUT2D eigenvalue weighted by Crippen LogP contribution is 2.19. The molecule has 1 atom stereocenters. The zero-order valence-corrected chi connectivity index (χ0v) is 18.5. The number of hydrogen-bond acceptors (Lipinski definition) is 4. The number of fused-ring (bicyclic) bond motifs is 1. The molecule has 2 N–H and O–H groups in total. The van der Waals surface area contributed by atoms with Gasteiger partial charge in [-0.05, 0) is 34.9 Å². The van der Waals surface area contributed by atoms with E-state index in [1.807, 2.05) is 60.8 Å². The number of alkyl carbamates (subject to hydrolysis) is 1. The minimum Gasteiger partial charge on any atom is -0.459 e. The fourth-order valence-electron chi connectivity index (χ4n) is 3.68. The lowest BCUT2D eigenvalue weighted by Gasteiger charge is -2.18. The summed E-state index contributed by atoms with van der Waals surface area (Å²) < 4.78 is 24.1. The number of aromatic amines is 1. The average molecular weight is 461 g/mol. The van der Waals surface area contributed by atoms with E-state index < -0.39 is 18.1 Å². The molecular weight excluding hydrogens is 435 g/mol. The molecule has 0 aliphatic heterocycles. The van der Waals surface area contributed by atoms with Crippen LogP contribution in [0.4, 0.5) is 9.18 Å². The third-order valence-corrected chi connectivity index (χ3v) is 5.41. The molecule has 1 amide bonds. The maximum Gasteiger partial charge on any atom is 0.407 e. The summed E-state index contributed by atoms with van der Waals surface area (Å²) in [6.07, 6.45) is 1.67. The number of hydrogen-bond donors (Lipinski definition) is 2. The van der Waals surface area contributed by atoms with Crippen LogP contribution in [0.3, 0.4) is 0 Å². The van der Waals surface area contributed by atoms with Crippen LogP contribution >= 0.6 is 0 Å². The van der Waals surface area contributed by atoms with Crippen molar-refractivity contribution in [2.24, 2.45) is 0 Å². The first-order valence-electron chi connectivity index (χ1n) is 11.0. The fraction of sp³-hybridized carbons (Fsp3) is 0.185. The number of aromatic nitrogens is 1. The maximum atomic E-state index is 13.3. The van der Waals surface area contributed by atoms with Gasteiger partial charge in [0, 0.05) is 29.9 Å². The molecule has 0 aliphatic carbocycles. The molecule has 1 aromatic heterocycles. The standard InChI is InChI=1S/C27H25FN2O4/c28-22-10-6-9-19(15-22)13-14-33-27(32)30-25(26(31)34-18-20-7-2-1-3-8-20)16-21-17-29-24-12-5-4-11-23(21)24/h1-12,15,17,25,29H,13-14,16,18H2,(H,30,32). The Morgan fingerprint density at radius 2 is 1.68 bits per heavy atom. The van der Waals surface area contributed by atoms with Crippen LogP contribution < -0.4 is 5.32 Å². The number of carbonyl (C=O) groups is 2. The molecule has 1 heterocycles. The molecule has 3 aromatic carbocycles. The highest BCUT2D eigenvalue weighted by molar-refractivity contribution is 5.86. The predicted octanol–water partition coefficient (Wildman–Crippen LogP) is 4.93. The van der Waals surface area contributed by atoms with Crippen molar-refractivity contribution >= 4 is 23.0 Å². The topological polar surface area (TPSA) is 80.4 Å². The van der Waals surface area contributed by atoms with Crippen LogP contribution in [0.1, 0.15) is 16.7 Å². The summed E-state index contributed by atoms with van der Waals surface area (Å²) in [7, 11) is 0. The Morgan fingerprint density at radius 3 is 2.50 bits per heavy atom. The molecule has 0 bridgehead atoms. The van der Waals surface area contributed by atoms with Crippen molar-refractivity contribution in [2.45, 2.75) is 25.5 Å². The normalized spacial score (nSPS) is 11.7. The first-order chi connectivity index (χ1) is 16.6. The summed E-state index contributed by atoms with van der Waals surface area (Å²) in [5.41, 5.74) is 3.37. The van der Waals surface area contributed by atoms with Crippen LogP contribution in [0.15, 0.2) is 85.1 Å². The zero-order chi connectivity index (χ0) is 23.8. The van der Waals surface area contributed by atoms with Gasteiger partial charge in [-0.15, -0.1) is 0 Å². The van der Waals surface area contributed by atoms with Crippen LogP contribution in [0, 0.1) is 5.82 Å².